The second-order valence-corrected chi connectivity index (χ2v) is 6.92. The number of nitrogens with zero attached hydrogens (tertiary/aromatic N) is 1. The van der Waals surface area contributed by atoms with Gasteiger partial charge in [0.2, 0.25) is 0 Å². The Morgan fingerprint density at radius 3 is 2.50 bits per heavy atom. The molecule has 1 heterocycles. The minimum Gasteiger partial charge on any atom is -0.331 e. The zero-order valence-corrected chi connectivity index (χ0v) is 13.7. The Labute approximate surface area is 136 Å². The van der Waals surface area contributed by atoms with Gasteiger partial charge in [0.1, 0.15) is 0 Å². The fraction of sp³-hybridized carbons (Fsp3) is 0.188. The lowest BCUT2D eigenvalue weighted by Crippen LogP contribution is -2.08. The summed E-state index contributed by atoms with van der Waals surface area (Å²) < 4.78 is 4.36. The fourth-order valence-electron chi connectivity index (χ4n) is 3.18. The van der Waals surface area contributed by atoms with E-state index in [4.69, 9.17) is 12.2 Å². The molecule has 0 saturated heterocycles. The molecule has 0 unspecified atom stereocenters. The second-order valence-electron chi connectivity index (χ2n) is 5.29. The SMILES string of the molecule is S=c1[nH]c2cc(I)ccc2n1C1Cc2ccccc2C1. The van der Waals surface area contributed by atoms with Gasteiger partial charge in [-0.1, -0.05) is 24.3 Å². The van der Waals surface area contributed by atoms with Crippen LogP contribution in [0.4, 0.5) is 0 Å². The molecule has 0 amide bonds. The maximum Gasteiger partial charge on any atom is 0.178 e. The summed E-state index contributed by atoms with van der Waals surface area (Å²) in [4.78, 5) is 3.34. The third-order valence-electron chi connectivity index (χ3n) is 4.07. The van der Waals surface area contributed by atoms with E-state index in [1.165, 1.54) is 20.2 Å². The number of aromatic amines is 1. The molecule has 4 heteroatoms. The number of hydrogen-bond acceptors (Lipinski definition) is 1. The molecule has 0 spiro atoms. The zero-order valence-electron chi connectivity index (χ0n) is 10.8. The minimum absolute atomic E-state index is 0.439. The summed E-state index contributed by atoms with van der Waals surface area (Å²) in [7, 11) is 0. The molecule has 1 N–H and O–H groups in total. The molecule has 0 aliphatic heterocycles. The Morgan fingerprint density at radius 1 is 1.10 bits per heavy atom. The molecule has 20 heavy (non-hydrogen) atoms. The van der Waals surface area contributed by atoms with Gasteiger partial charge in [-0.3, -0.25) is 0 Å². The van der Waals surface area contributed by atoms with Crippen molar-refractivity contribution in [1.29, 1.82) is 0 Å². The maximum absolute atomic E-state index is 5.55. The van der Waals surface area contributed by atoms with Crippen molar-refractivity contribution in [3.8, 4) is 0 Å². The molecule has 2 aromatic carbocycles. The summed E-state index contributed by atoms with van der Waals surface area (Å²) in [5.74, 6) is 0. The van der Waals surface area contributed by atoms with Gasteiger partial charge in [-0.2, -0.15) is 0 Å². The molecular formula is C16H13IN2S. The minimum atomic E-state index is 0.439. The van der Waals surface area contributed by atoms with Crippen LogP contribution < -0.4 is 0 Å². The Bertz CT molecular complexity index is 837. The lowest BCUT2D eigenvalue weighted by atomic mass is 10.1. The van der Waals surface area contributed by atoms with Crippen LogP contribution in [0.3, 0.4) is 0 Å². The van der Waals surface area contributed by atoms with Gasteiger partial charge >= 0.3 is 0 Å². The predicted octanol–water partition coefficient (Wildman–Crippen LogP) is 4.64. The highest BCUT2D eigenvalue weighted by Gasteiger charge is 2.24. The Hall–Kier alpha value is -1.14. The number of H-pyrrole nitrogens is 1. The van der Waals surface area contributed by atoms with E-state index < -0.39 is 0 Å². The van der Waals surface area contributed by atoms with Crippen LogP contribution in [-0.2, 0) is 12.8 Å². The first-order valence-corrected chi connectivity index (χ1v) is 8.17. The Kier molecular flexibility index (Phi) is 2.96. The second kappa shape index (κ2) is 4.70. The van der Waals surface area contributed by atoms with E-state index in [1.54, 1.807) is 0 Å². The van der Waals surface area contributed by atoms with Crippen LogP contribution in [0, 0.1) is 8.34 Å². The van der Waals surface area contributed by atoms with Crippen molar-refractivity contribution in [2.45, 2.75) is 18.9 Å². The van der Waals surface area contributed by atoms with E-state index in [9.17, 15) is 0 Å². The lowest BCUT2D eigenvalue weighted by Gasteiger charge is -2.12. The molecular weight excluding hydrogens is 379 g/mol. The van der Waals surface area contributed by atoms with E-state index in [0.29, 0.717) is 6.04 Å². The molecule has 0 saturated carbocycles. The Balaban J connectivity index is 1.85. The molecule has 2 nitrogen and oxygen atoms in total. The van der Waals surface area contributed by atoms with Crippen LogP contribution in [0.2, 0.25) is 0 Å². The lowest BCUT2D eigenvalue weighted by molar-refractivity contribution is 0.537. The summed E-state index contributed by atoms with van der Waals surface area (Å²) in [6, 6.07) is 15.6. The summed E-state index contributed by atoms with van der Waals surface area (Å²) in [6.07, 6.45) is 2.15. The summed E-state index contributed by atoms with van der Waals surface area (Å²) in [6.45, 7) is 0. The van der Waals surface area contributed by atoms with Gasteiger partial charge in [-0.15, -0.1) is 0 Å². The van der Waals surface area contributed by atoms with E-state index in [2.05, 4.69) is 74.6 Å². The van der Waals surface area contributed by atoms with Gasteiger partial charge in [0.05, 0.1) is 11.0 Å². The van der Waals surface area contributed by atoms with Crippen molar-refractivity contribution in [2.75, 3.05) is 0 Å². The quantitative estimate of drug-likeness (QED) is 0.473. The smallest absolute Gasteiger partial charge is 0.178 e. The standard InChI is InChI=1S/C16H13IN2S/c17-12-5-6-15-14(9-12)18-16(20)19(15)13-7-10-3-1-2-4-11(10)8-13/h1-6,9,13H,7-8H2,(H,18,20). The van der Waals surface area contributed by atoms with Crippen molar-refractivity contribution < 1.29 is 0 Å². The van der Waals surface area contributed by atoms with E-state index >= 15 is 0 Å². The average molecular weight is 392 g/mol. The van der Waals surface area contributed by atoms with Gasteiger partial charge in [0.25, 0.3) is 0 Å². The molecule has 100 valence electrons. The van der Waals surface area contributed by atoms with Crippen LogP contribution in [0.1, 0.15) is 17.2 Å². The monoisotopic (exact) mass is 392 g/mol. The first kappa shape index (κ1) is 12.6. The molecule has 1 aromatic heterocycles. The van der Waals surface area contributed by atoms with Crippen molar-refractivity contribution in [2.24, 2.45) is 0 Å². The van der Waals surface area contributed by atoms with Crippen molar-refractivity contribution in [1.82, 2.24) is 9.55 Å². The van der Waals surface area contributed by atoms with Crippen LogP contribution in [0.25, 0.3) is 11.0 Å². The van der Waals surface area contributed by atoms with Gasteiger partial charge in [0.15, 0.2) is 4.77 Å². The van der Waals surface area contributed by atoms with Crippen molar-refractivity contribution in [3.05, 3.63) is 61.9 Å². The van der Waals surface area contributed by atoms with Crippen molar-refractivity contribution in [3.63, 3.8) is 0 Å². The number of rotatable bonds is 1. The molecule has 1 aliphatic carbocycles. The van der Waals surface area contributed by atoms with E-state index in [1.807, 2.05) is 0 Å². The molecule has 1 aliphatic rings. The number of benzene rings is 2. The van der Waals surface area contributed by atoms with Gasteiger partial charge in [-0.25, -0.2) is 0 Å². The normalized spacial score (nSPS) is 14.8. The van der Waals surface area contributed by atoms with Crippen molar-refractivity contribution >= 4 is 45.8 Å². The highest BCUT2D eigenvalue weighted by Crippen LogP contribution is 2.32. The topological polar surface area (TPSA) is 20.7 Å². The first-order chi connectivity index (χ1) is 9.72. The highest BCUT2D eigenvalue weighted by molar-refractivity contribution is 14.1. The van der Waals surface area contributed by atoms with Gasteiger partial charge < -0.3 is 9.55 Å². The number of aromatic nitrogens is 2. The molecule has 0 bridgehead atoms. The summed E-state index contributed by atoms with van der Waals surface area (Å²) >= 11 is 7.88. The zero-order chi connectivity index (χ0) is 13.7. The number of nitrogens with one attached hydrogen (secondary N) is 1. The van der Waals surface area contributed by atoms with Crippen LogP contribution in [0.5, 0.6) is 0 Å². The number of hydrogen-bond donors (Lipinski definition) is 1. The van der Waals surface area contributed by atoms with Crippen LogP contribution in [0.15, 0.2) is 42.5 Å². The largest absolute Gasteiger partial charge is 0.331 e. The number of fused-ring (bicyclic) bond motifs is 2. The first-order valence-electron chi connectivity index (χ1n) is 6.69. The van der Waals surface area contributed by atoms with Crippen LogP contribution in [-0.4, -0.2) is 9.55 Å². The van der Waals surface area contributed by atoms with Gasteiger partial charge in [0, 0.05) is 9.61 Å². The predicted molar refractivity (Wildman–Crippen MR) is 92.7 cm³/mol. The summed E-state index contributed by atoms with van der Waals surface area (Å²) in [5, 5.41) is 0. The molecule has 0 radical (unpaired) electrons. The third kappa shape index (κ3) is 1.93. The third-order valence-corrected chi connectivity index (χ3v) is 5.04. The molecule has 0 fully saturated rings. The average Bonchev–Trinajstić information content (AvgIpc) is 2.97. The molecule has 4 rings (SSSR count). The van der Waals surface area contributed by atoms with E-state index in [-0.39, 0.29) is 0 Å². The maximum atomic E-state index is 5.55. The highest BCUT2D eigenvalue weighted by atomic mass is 127. The molecule has 0 atom stereocenters. The van der Waals surface area contributed by atoms with Gasteiger partial charge in [-0.05, 0) is 77.0 Å². The Morgan fingerprint density at radius 2 is 1.80 bits per heavy atom. The molecule has 3 aromatic rings. The van der Waals surface area contributed by atoms with E-state index in [0.717, 1.165) is 23.1 Å². The fourth-order valence-corrected chi connectivity index (χ4v) is 4.03. The number of imidazole rings is 1. The summed E-state index contributed by atoms with van der Waals surface area (Å²) in [5.41, 5.74) is 5.27. The van der Waals surface area contributed by atoms with Crippen LogP contribution >= 0.6 is 34.8 Å². The number of halogens is 1.